The molecule has 0 saturated carbocycles. The summed E-state index contributed by atoms with van der Waals surface area (Å²) in [6.45, 7) is 0.454. The molecule has 0 aliphatic carbocycles. The van der Waals surface area contributed by atoms with Crippen molar-refractivity contribution in [3.05, 3.63) is 30.3 Å². The molecule has 0 atom stereocenters. The van der Waals surface area contributed by atoms with Gasteiger partial charge in [-0.15, -0.1) is 0 Å². The normalized spacial score (nSPS) is 9.23. The number of halogens is 1. The van der Waals surface area contributed by atoms with E-state index in [1.807, 2.05) is 36.4 Å². The highest BCUT2D eigenvalue weighted by Gasteiger charge is 2.06. The van der Waals surface area contributed by atoms with Crippen LogP contribution >= 0.6 is 0 Å². The molecule has 0 bridgehead atoms. The molecule has 0 unspecified atom stereocenters. The van der Waals surface area contributed by atoms with Gasteiger partial charge in [0.05, 0.1) is 12.5 Å². The number of anilines is 1. The van der Waals surface area contributed by atoms with E-state index in [4.69, 9.17) is 5.26 Å². The molecule has 66 valence electrons. The van der Waals surface area contributed by atoms with E-state index in [2.05, 4.69) is 0 Å². The lowest BCUT2D eigenvalue weighted by molar-refractivity contribution is 0.829. The lowest BCUT2D eigenvalue weighted by Crippen LogP contribution is -2.25. The van der Waals surface area contributed by atoms with Crippen molar-refractivity contribution in [2.45, 2.75) is 6.42 Å². The van der Waals surface area contributed by atoms with E-state index in [0.717, 1.165) is 5.69 Å². The second-order valence-corrected chi connectivity index (χ2v) is 3.19. The molecule has 0 aliphatic rings. The van der Waals surface area contributed by atoms with E-state index in [1.54, 1.807) is 4.57 Å². The van der Waals surface area contributed by atoms with Crippen LogP contribution in [0.3, 0.4) is 0 Å². The van der Waals surface area contributed by atoms with Gasteiger partial charge in [0.15, 0.2) is 0 Å². The summed E-state index contributed by atoms with van der Waals surface area (Å²) < 4.78 is 14.1. The molecule has 0 heterocycles. The molecule has 1 aromatic carbocycles. The topological polar surface area (TPSA) is 27.0 Å². The lowest BCUT2D eigenvalue weighted by Gasteiger charge is -2.17. The molecule has 0 aromatic heterocycles. The molecule has 0 spiro atoms. The Morgan fingerprint density at radius 2 is 2.08 bits per heavy atom. The summed E-state index contributed by atoms with van der Waals surface area (Å²) in [7, 11) is -0.782. The van der Waals surface area contributed by atoms with Gasteiger partial charge >= 0.3 is 10.0 Å². The average molecular weight is 192 g/mol. The van der Waals surface area contributed by atoms with Gasteiger partial charge in [-0.1, -0.05) is 18.2 Å². The Morgan fingerprint density at radius 3 is 2.62 bits per heavy atom. The van der Waals surface area contributed by atoms with Crippen molar-refractivity contribution in [3.63, 3.8) is 0 Å². The maximum atomic E-state index is 12.5. The van der Waals surface area contributed by atoms with Crippen molar-refractivity contribution in [2.75, 3.05) is 11.1 Å². The van der Waals surface area contributed by atoms with Gasteiger partial charge in [0.25, 0.3) is 0 Å². The Balaban J connectivity index is 2.63. The molecule has 0 N–H and O–H groups in total. The molecule has 0 aliphatic heterocycles. The quantitative estimate of drug-likeness (QED) is 0.538. The number of nitriles is 1. The standard InChI is InChI=1S/C9H9FN2Si/c10-13-12(8-4-7-11)9-5-2-1-3-6-9/h1-3,5-6H,4,8H2. The minimum atomic E-state index is -0.782. The van der Waals surface area contributed by atoms with Crippen LogP contribution in [0.1, 0.15) is 6.42 Å². The van der Waals surface area contributed by atoms with Crippen molar-refractivity contribution < 1.29 is 4.11 Å². The molecule has 1 aromatic rings. The first-order valence-corrected chi connectivity index (χ1v) is 4.77. The van der Waals surface area contributed by atoms with E-state index in [9.17, 15) is 4.11 Å². The van der Waals surface area contributed by atoms with Crippen LogP contribution in [0.15, 0.2) is 30.3 Å². The van der Waals surface area contributed by atoms with Gasteiger partial charge < -0.3 is 4.57 Å². The predicted octanol–water partition coefficient (Wildman–Crippen LogP) is 1.91. The third kappa shape index (κ3) is 2.88. The van der Waals surface area contributed by atoms with Gasteiger partial charge in [-0.05, 0) is 12.1 Å². The van der Waals surface area contributed by atoms with E-state index < -0.39 is 10.0 Å². The summed E-state index contributed by atoms with van der Waals surface area (Å²) in [5.41, 5.74) is 0.832. The van der Waals surface area contributed by atoms with Crippen LogP contribution in [0.5, 0.6) is 0 Å². The van der Waals surface area contributed by atoms with Crippen LogP contribution in [-0.4, -0.2) is 16.6 Å². The molecule has 0 saturated heterocycles. The third-order valence-corrected chi connectivity index (χ3v) is 2.30. The van der Waals surface area contributed by atoms with Crippen LogP contribution in [0.25, 0.3) is 0 Å². The molecular formula is C9H9FN2Si. The van der Waals surface area contributed by atoms with Crippen molar-refractivity contribution in [1.29, 1.82) is 5.26 Å². The zero-order valence-electron chi connectivity index (χ0n) is 7.07. The highest BCUT2D eigenvalue weighted by molar-refractivity contribution is 6.33. The molecule has 13 heavy (non-hydrogen) atoms. The number of nitrogens with zero attached hydrogens (tertiary/aromatic N) is 2. The smallest absolute Gasteiger partial charge is 0.370 e. The summed E-state index contributed by atoms with van der Waals surface area (Å²) in [6, 6.07) is 11.3. The Labute approximate surface area is 79.7 Å². The average Bonchev–Trinajstić information content (AvgIpc) is 2.21. The molecule has 2 radical (unpaired) electrons. The number of rotatable bonds is 4. The fourth-order valence-electron chi connectivity index (χ4n) is 0.990. The molecule has 0 fully saturated rings. The second kappa shape index (κ2) is 5.33. The third-order valence-electron chi connectivity index (χ3n) is 1.62. The Hall–Kier alpha value is -1.34. The van der Waals surface area contributed by atoms with Crippen molar-refractivity contribution in [2.24, 2.45) is 0 Å². The van der Waals surface area contributed by atoms with Gasteiger partial charge in [0.1, 0.15) is 0 Å². The molecule has 4 heteroatoms. The predicted molar refractivity (Wildman–Crippen MR) is 50.9 cm³/mol. The Bertz CT molecular complexity index is 283. The Morgan fingerprint density at radius 1 is 1.38 bits per heavy atom. The van der Waals surface area contributed by atoms with Crippen molar-refractivity contribution in [1.82, 2.24) is 0 Å². The summed E-state index contributed by atoms with van der Waals surface area (Å²) in [5.74, 6) is 0. The largest absolute Gasteiger partial charge is 0.438 e. The van der Waals surface area contributed by atoms with Gasteiger partial charge in [-0.25, -0.2) is 0 Å². The molecule has 1 rings (SSSR count). The first-order chi connectivity index (χ1) is 6.38. The van der Waals surface area contributed by atoms with E-state index in [0.29, 0.717) is 13.0 Å². The van der Waals surface area contributed by atoms with E-state index >= 15 is 0 Å². The number of para-hydroxylation sites is 1. The van der Waals surface area contributed by atoms with Crippen LogP contribution in [0, 0.1) is 11.3 Å². The molecule has 0 amide bonds. The van der Waals surface area contributed by atoms with Crippen molar-refractivity contribution in [3.8, 4) is 6.07 Å². The first-order valence-electron chi connectivity index (χ1n) is 3.94. The number of hydrogen-bond acceptors (Lipinski definition) is 2. The Kier molecular flexibility index (Phi) is 3.99. The van der Waals surface area contributed by atoms with Crippen molar-refractivity contribution >= 4 is 15.7 Å². The summed E-state index contributed by atoms with van der Waals surface area (Å²) >= 11 is 0. The van der Waals surface area contributed by atoms with Gasteiger partial charge in [-0.2, -0.15) is 5.26 Å². The molecular weight excluding hydrogens is 183 g/mol. The highest BCUT2D eigenvalue weighted by Crippen LogP contribution is 2.11. The maximum Gasteiger partial charge on any atom is 0.438 e. The minimum absolute atomic E-state index is 0.353. The SMILES string of the molecule is N#CCCN([Si]F)c1ccccc1. The zero-order chi connectivity index (χ0) is 9.52. The fourth-order valence-corrected chi connectivity index (χ4v) is 1.43. The van der Waals surface area contributed by atoms with Crippen LogP contribution in [-0.2, 0) is 0 Å². The van der Waals surface area contributed by atoms with Crippen LogP contribution in [0.4, 0.5) is 9.80 Å². The van der Waals surface area contributed by atoms with Gasteiger partial charge in [0, 0.05) is 12.2 Å². The fraction of sp³-hybridized carbons (Fsp3) is 0.222. The monoisotopic (exact) mass is 192 g/mol. The van der Waals surface area contributed by atoms with Crippen LogP contribution in [0.2, 0.25) is 0 Å². The highest BCUT2D eigenvalue weighted by atomic mass is 28.3. The lowest BCUT2D eigenvalue weighted by atomic mass is 10.3. The summed E-state index contributed by atoms with van der Waals surface area (Å²) in [5, 5.41) is 8.36. The van der Waals surface area contributed by atoms with Gasteiger partial charge in [0.2, 0.25) is 0 Å². The molecule has 2 nitrogen and oxygen atoms in total. The maximum absolute atomic E-state index is 12.5. The summed E-state index contributed by atoms with van der Waals surface area (Å²) in [6.07, 6.45) is 0.353. The number of benzene rings is 1. The second-order valence-electron chi connectivity index (χ2n) is 2.48. The number of hydrogen-bond donors (Lipinski definition) is 0. The first kappa shape index (κ1) is 9.74. The minimum Gasteiger partial charge on any atom is -0.370 e. The van der Waals surface area contributed by atoms with E-state index in [1.165, 1.54) is 0 Å². The van der Waals surface area contributed by atoms with Gasteiger partial charge in [-0.3, -0.25) is 4.11 Å². The zero-order valence-corrected chi connectivity index (χ0v) is 8.07. The van der Waals surface area contributed by atoms with Crippen LogP contribution < -0.4 is 4.57 Å². The summed E-state index contributed by atoms with van der Waals surface area (Å²) in [4.78, 5) is 0. The van der Waals surface area contributed by atoms with E-state index in [-0.39, 0.29) is 0 Å².